The number of halogens is 6. The Bertz CT molecular complexity index is 1450. The molecule has 40 heavy (non-hydrogen) atoms. The van der Waals surface area contributed by atoms with Crippen LogP contribution < -0.4 is 25.6 Å². The second kappa shape index (κ2) is 10.2. The smallest absolute Gasteiger partial charge is 0.416 e. The molecule has 3 amide bonds. The lowest BCUT2D eigenvalue weighted by Crippen LogP contribution is -2.56. The van der Waals surface area contributed by atoms with Gasteiger partial charge < -0.3 is 25.6 Å². The summed E-state index contributed by atoms with van der Waals surface area (Å²) in [5.74, 6) is -3.50. The number of carbonyl (C=O) groups excluding carboxylic acids is 2. The number of urea groups is 1. The van der Waals surface area contributed by atoms with Crippen molar-refractivity contribution in [3.8, 4) is 11.5 Å². The van der Waals surface area contributed by atoms with Gasteiger partial charge in [0.25, 0.3) is 5.92 Å². The highest BCUT2D eigenvalue weighted by Crippen LogP contribution is 2.38. The van der Waals surface area contributed by atoms with Gasteiger partial charge in [-0.2, -0.15) is 13.2 Å². The van der Waals surface area contributed by atoms with Crippen molar-refractivity contribution in [3.63, 3.8) is 0 Å². The first-order valence-corrected chi connectivity index (χ1v) is 12.0. The highest BCUT2D eigenvalue weighted by molar-refractivity contribution is 6.00. The molecule has 2 heterocycles. The molecule has 0 unspecified atom stereocenters. The molecule has 0 bridgehead atoms. The number of rotatable bonds is 7. The molecule has 5 rings (SSSR count). The molecule has 2 aromatic carbocycles. The summed E-state index contributed by atoms with van der Waals surface area (Å²) in [4.78, 5) is 29.4. The summed E-state index contributed by atoms with van der Waals surface area (Å²) in [6.07, 6.45) is -1.75. The number of hydrogen-bond donors (Lipinski definition) is 3. The molecule has 1 aliphatic heterocycles. The fraction of sp³-hybridized carbons (Fsp3) is 0.269. The number of alkyl halides is 5. The predicted molar refractivity (Wildman–Crippen MR) is 133 cm³/mol. The van der Waals surface area contributed by atoms with Gasteiger partial charge in [0.2, 0.25) is 5.91 Å². The topological polar surface area (TPSA) is 95.6 Å². The quantitative estimate of drug-likeness (QED) is 0.285. The van der Waals surface area contributed by atoms with Gasteiger partial charge in [0.1, 0.15) is 23.1 Å². The highest BCUT2D eigenvalue weighted by atomic mass is 19.4. The third-order valence-corrected chi connectivity index (χ3v) is 6.07. The van der Waals surface area contributed by atoms with E-state index in [2.05, 4.69) is 20.9 Å². The Morgan fingerprint density at radius 3 is 2.33 bits per heavy atom. The Morgan fingerprint density at radius 1 is 0.950 bits per heavy atom. The lowest BCUT2D eigenvalue weighted by molar-refractivity contribution is -0.137. The van der Waals surface area contributed by atoms with Crippen LogP contribution in [0.2, 0.25) is 0 Å². The van der Waals surface area contributed by atoms with Crippen LogP contribution in [0.3, 0.4) is 0 Å². The molecule has 0 spiro atoms. The monoisotopic (exact) mass is 565 g/mol. The van der Waals surface area contributed by atoms with Crippen molar-refractivity contribution in [2.24, 2.45) is 5.92 Å². The second-order valence-electron chi connectivity index (χ2n) is 9.44. The molecule has 210 valence electrons. The number of aromatic nitrogens is 1. The minimum atomic E-state index is -4.80. The van der Waals surface area contributed by atoms with E-state index in [1.165, 1.54) is 30.5 Å². The Balaban J connectivity index is 1.24. The minimum absolute atomic E-state index is 0.0260. The molecular formula is C26H21F6N5O3. The molecule has 1 aromatic heterocycles. The molecule has 1 aliphatic carbocycles. The molecule has 1 saturated carbocycles. The summed E-state index contributed by atoms with van der Waals surface area (Å²) < 4.78 is 86.8. The maximum atomic E-state index is 14.7. The summed E-state index contributed by atoms with van der Waals surface area (Å²) in [6, 6.07) is 7.87. The lowest BCUT2D eigenvalue weighted by Gasteiger charge is -2.40. The van der Waals surface area contributed by atoms with Crippen LogP contribution in [0.1, 0.15) is 18.4 Å². The second-order valence-corrected chi connectivity index (χ2v) is 9.44. The van der Waals surface area contributed by atoms with E-state index >= 15 is 0 Å². The highest BCUT2D eigenvalue weighted by Gasteiger charge is 2.44. The molecular weight excluding hydrogens is 544 g/mol. The number of nitrogens with zero attached hydrogens (tertiary/aromatic N) is 2. The number of hydrogen-bond acceptors (Lipinski definition) is 5. The van der Waals surface area contributed by atoms with Gasteiger partial charge in [0.15, 0.2) is 0 Å². The maximum Gasteiger partial charge on any atom is 0.416 e. The van der Waals surface area contributed by atoms with Crippen LogP contribution in [0, 0.1) is 11.7 Å². The Hall–Kier alpha value is -4.49. The van der Waals surface area contributed by atoms with Gasteiger partial charge >= 0.3 is 12.2 Å². The molecule has 3 N–H and O–H groups in total. The summed E-state index contributed by atoms with van der Waals surface area (Å²) >= 11 is 0. The Kier molecular flexibility index (Phi) is 6.94. The summed E-state index contributed by atoms with van der Waals surface area (Å²) in [6.45, 7) is -1.51. The van der Waals surface area contributed by atoms with Gasteiger partial charge in [0, 0.05) is 35.6 Å². The average Bonchev–Trinajstić information content (AvgIpc) is 3.69. The van der Waals surface area contributed by atoms with Crippen LogP contribution in [-0.4, -0.2) is 35.9 Å². The SMILES string of the molecule is O=C(Nc1cc(N2CC(F)(F)C2)cc(C(F)(F)F)c1)Nc1ccc(Oc2ccnc(NC(=O)C3CC3)c2)cc1F. The van der Waals surface area contributed by atoms with Gasteiger partial charge in [-0.3, -0.25) is 4.79 Å². The van der Waals surface area contributed by atoms with E-state index in [9.17, 15) is 35.9 Å². The molecule has 0 atom stereocenters. The van der Waals surface area contributed by atoms with Crippen molar-refractivity contribution in [2.45, 2.75) is 24.9 Å². The van der Waals surface area contributed by atoms with Gasteiger partial charge in [-0.1, -0.05) is 0 Å². The van der Waals surface area contributed by atoms with Gasteiger partial charge in [-0.25, -0.2) is 22.9 Å². The van der Waals surface area contributed by atoms with E-state index < -0.39 is 42.6 Å². The zero-order valence-electron chi connectivity index (χ0n) is 20.5. The Morgan fingerprint density at radius 2 is 1.68 bits per heavy atom. The van der Waals surface area contributed by atoms with E-state index in [-0.39, 0.29) is 46.2 Å². The minimum Gasteiger partial charge on any atom is -0.457 e. The van der Waals surface area contributed by atoms with Gasteiger partial charge in [0.05, 0.1) is 24.3 Å². The zero-order chi connectivity index (χ0) is 28.7. The molecule has 2 fully saturated rings. The van der Waals surface area contributed by atoms with Crippen LogP contribution in [-0.2, 0) is 11.0 Å². The number of amides is 3. The number of pyridine rings is 1. The number of benzene rings is 2. The summed E-state index contributed by atoms with van der Waals surface area (Å²) in [5, 5.41) is 7.04. The molecule has 3 aromatic rings. The first-order valence-electron chi connectivity index (χ1n) is 12.0. The van der Waals surface area contributed by atoms with Crippen molar-refractivity contribution in [1.29, 1.82) is 0 Å². The van der Waals surface area contributed by atoms with Crippen LogP contribution in [0.4, 0.5) is 54.0 Å². The predicted octanol–water partition coefficient (Wildman–Crippen LogP) is 6.48. The number of carbonyl (C=O) groups is 2. The molecule has 8 nitrogen and oxygen atoms in total. The van der Waals surface area contributed by atoms with E-state index in [4.69, 9.17) is 4.74 Å². The Labute approximate surface area is 223 Å². The number of anilines is 4. The standard InChI is InChI=1S/C26H21F6N5O3/c27-20-10-18(40-19-5-6-33-22(11-19)36-23(38)14-1-2-14)3-4-21(20)35-24(39)34-16-7-15(26(30,31)32)8-17(9-16)37-12-25(28,29)13-37/h3-11,14H,1-2,12-13H2,(H,33,36,38)(H2,34,35,39). The summed E-state index contributed by atoms with van der Waals surface area (Å²) in [5.41, 5.74) is -1.91. The molecule has 2 aliphatic rings. The van der Waals surface area contributed by atoms with Gasteiger partial charge in [-0.15, -0.1) is 0 Å². The van der Waals surface area contributed by atoms with Gasteiger partial charge in [-0.05, 0) is 49.2 Å². The van der Waals surface area contributed by atoms with E-state index in [0.29, 0.717) is 12.1 Å². The van der Waals surface area contributed by atoms with Crippen molar-refractivity contribution in [1.82, 2.24) is 4.98 Å². The molecule has 14 heteroatoms. The number of nitrogens with one attached hydrogen (secondary N) is 3. The first kappa shape index (κ1) is 27.1. The molecule has 1 saturated heterocycles. The van der Waals surface area contributed by atoms with Crippen molar-refractivity contribution in [3.05, 3.63) is 66.1 Å². The lowest BCUT2D eigenvalue weighted by atomic mass is 10.1. The molecule has 0 radical (unpaired) electrons. The normalized spacial score (nSPS) is 16.1. The maximum absolute atomic E-state index is 14.7. The van der Waals surface area contributed by atoms with Crippen molar-refractivity contribution in [2.75, 3.05) is 33.9 Å². The zero-order valence-corrected chi connectivity index (χ0v) is 20.5. The largest absolute Gasteiger partial charge is 0.457 e. The third kappa shape index (κ3) is 6.55. The van der Waals surface area contributed by atoms with Crippen LogP contribution in [0.15, 0.2) is 54.7 Å². The van der Waals surface area contributed by atoms with Crippen molar-refractivity contribution >= 4 is 34.8 Å². The fourth-order valence-electron chi connectivity index (χ4n) is 3.92. The van der Waals surface area contributed by atoms with Crippen molar-refractivity contribution < 1.29 is 40.7 Å². The van der Waals surface area contributed by atoms with E-state index in [1.807, 2.05) is 0 Å². The van der Waals surface area contributed by atoms with Crippen LogP contribution >= 0.6 is 0 Å². The van der Waals surface area contributed by atoms with E-state index in [1.54, 1.807) is 0 Å². The van der Waals surface area contributed by atoms with Crippen LogP contribution in [0.25, 0.3) is 0 Å². The average molecular weight is 565 g/mol. The summed E-state index contributed by atoms with van der Waals surface area (Å²) in [7, 11) is 0. The van der Waals surface area contributed by atoms with E-state index in [0.717, 1.165) is 29.9 Å². The number of ether oxygens (including phenoxy) is 1. The third-order valence-electron chi connectivity index (χ3n) is 6.07. The fourth-order valence-corrected chi connectivity index (χ4v) is 3.92. The first-order chi connectivity index (χ1) is 18.8. The van der Waals surface area contributed by atoms with Crippen LogP contribution in [0.5, 0.6) is 11.5 Å².